The average Bonchev–Trinajstić information content (AvgIpc) is 2.88. The van der Waals surface area contributed by atoms with Gasteiger partial charge in [-0.1, -0.05) is 12.8 Å². The highest BCUT2D eigenvalue weighted by Crippen LogP contribution is 2.26. The topological polar surface area (TPSA) is 83.6 Å². The molecular weight excluding hydrogens is 263 g/mol. The van der Waals surface area contributed by atoms with E-state index in [4.69, 9.17) is 5.73 Å². The number of hydrogen-bond donors (Lipinski definition) is 2. The average molecular weight is 280 g/mol. The Morgan fingerprint density at radius 3 is 2.55 bits per heavy atom. The molecule has 2 amide bonds. The van der Waals surface area contributed by atoms with E-state index in [-0.39, 0.29) is 23.9 Å². The number of carbonyl (C=O) groups excluding carboxylic acids is 2. The first kappa shape index (κ1) is 14.3. The van der Waals surface area contributed by atoms with Gasteiger partial charge in [0, 0.05) is 12.1 Å². The minimum absolute atomic E-state index is 0.0804. The summed E-state index contributed by atoms with van der Waals surface area (Å²) < 4.78 is 13.8. The zero-order valence-corrected chi connectivity index (χ0v) is 11.0. The molecule has 0 heterocycles. The Morgan fingerprint density at radius 2 is 2.00 bits per heavy atom. The second-order valence-corrected chi connectivity index (χ2v) is 5.00. The molecule has 0 bridgehead atoms. The minimum atomic E-state index is -0.803. The SMILES string of the molecule is NC(=O)CN(C(=O)c1ccc(O)cc1F)C1CCCC1. The number of phenols is 1. The van der Waals surface area contributed by atoms with E-state index in [1.54, 1.807) is 0 Å². The Bertz CT molecular complexity index is 527. The highest BCUT2D eigenvalue weighted by molar-refractivity contribution is 5.97. The number of phenolic OH excluding ortho intramolecular Hbond substituents is 1. The summed E-state index contributed by atoms with van der Waals surface area (Å²) in [5.41, 5.74) is 5.02. The van der Waals surface area contributed by atoms with Gasteiger partial charge < -0.3 is 15.7 Å². The second-order valence-electron chi connectivity index (χ2n) is 5.00. The zero-order chi connectivity index (χ0) is 14.7. The second kappa shape index (κ2) is 5.90. The molecule has 20 heavy (non-hydrogen) atoms. The van der Waals surface area contributed by atoms with Crippen molar-refractivity contribution in [2.75, 3.05) is 6.54 Å². The van der Waals surface area contributed by atoms with Gasteiger partial charge in [0.1, 0.15) is 11.6 Å². The van der Waals surface area contributed by atoms with Crippen LogP contribution in [-0.2, 0) is 4.79 Å². The van der Waals surface area contributed by atoms with Crippen molar-refractivity contribution in [3.05, 3.63) is 29.6 Å². The molecule has 6 heteroatoms. The van der Waals surface area contributed by atoms with Crippen molar-refractivity contribution in [2.24, 2.45) is 5.73 Å². The monoisotopic (exact) mass is 280 g/mol. The van der Waals surface area contributed by atoms with Crippen molar-refractivity contribution in [3.8, 4) is 5.75 Å². The zero-order valence-electron chi connectivity index (χ0n) is 11.0. The first-order valence-corrected chi connectivity index (χ1v) is 6.57. The number of hydrogen-bond acceptors (Lipinski definition) is 3. The highest BCUT2D eigenvalue weighted by Gasteiger charge is 2.29. The van der Waals surface area contributed by atoms with Crippen LogP contribution >= 0.6 is 0 Å². The Kier molecular flexibility index (Phi) is 4.22. The predicted octanol–water partition coefficient (Wildman–Crippen LogP) is 1.40. The number of benzene rings is 1. The minimum Gasteiger partial charge on any atom is -0.508 e. The van der Waals surface area contributed by atoms with Gasteiger partial charge in [-0.25, -0.2) is 4.39 Å². The van der Waals surface area contributed by atoms with E-state index in [0.29, 0.717) is 0 Å². The molecule has 0 aromatic heterocycles. The molecule has 1 aromatic carbocycles. The third kappa shape index (κ3) is 3.07. The van der Waals surface area contributed by atoms with Crippen molar-refractivity contribution in [1.29, 1.82) is 0 Å². The van der Waals surface area contributed by atoms with E-state index < -0.39 is 17.6 Å². The molecule has 1 aliphatic rings. The molecule has 1 aromatic rings. The molecule has 1 aliphatic carbocycles. The van der Waals surface area contributed by atoms with Gasteiger partial charge >= 0.3 is 0 Å². The van der Waals surface area contributed by atoms with Gasteiger partial charge in [-0.3, -0.25) is 9.59 Å². The summed E-state index contributed by atoms with van der Waals surface area (Å²) in [4.78, 5) is 24.9. The van der Waals surface area contributed by atoms with E-state index in [1.807, 2.05) is 0 Å². The number of halogens is 1. The number of nitrogens with zero attached hydrogens (tertiary/aromatic N) is 1. The Balaban J connectivity index is 2.27. The lowest BCUT2D eigenvalue weighted by Gasteiger charge is -2.28. The van der Waals surface area contributed by atoms with E-state index in [2.05, 4.69) is 0 Å². The summed E-state index contributed by atoms with van der Waals surface area (Å²) >= 11 is 0. The third-order valence-corrected chi connectivity index (χ3v) is 3.54. The quantitative estimate of drug-likeness (QED) is 0.874. The van der Waals surface area contributed by atoms with Crippen LogP contribution in [0.4, 0.5) is 4.39 Å². The van der Waals surface area contributed by atoms with Gasteiger partial charge in [-0.05, 0) is 25.0 Å². The van der Waals surface area contributed by atoms with Crippen LogP contribution in [0.2, 0.25) is 0 Å². The third-order valence-electron chi connectivity index (χ3n) is 3.54. The maximum absolute atomic E-state index is 13.8. The van der Waals surface area contributed by atoms with Crippen LogP contribution < -0.4 is 5.73 Å². The van der Waals surface area contributed by atoms with Gasteiger partial charge in [0.2, 0.25) is 5.91 Å². The normalized spacial score (nSPS) is 15.2. The summed E-state index contributed by atoms with van der Waals surface area (Å²) in [6, 6.07) is 3.26. The van der Waals surface area contributed by atoms with Crippen LogP contribution in [0.25, 0.3) is 0 Å². The lowest BCUT2D eigenvalue weighted by molar-refractivity contribution is -0.119. The van der Waals surface area contributed by atoms with Crippen molar-refractivity contribution in [2.45, 2.75) is 31.7 Å². The van der Waals surface area contributed by atoms with Gasteiger partial charge in [0.15, 0.2) is 0 Å². The van der Waals surface area contributed by atoms with Gasteiger partial charge in [0.05, 0.1) is 12.1 Å². The molecule has 0 unspecified atom stereocenters. The molecule has 0 atom stereocenters. The molecule has 2 rings (SSSR count). The van der Waals surface area contributed by atoms with Crippen molar-refractivity contribution < 1.29 is 19.1 Å². The maximum atomic E-state index is 13.8. The largest absolute Gasteiger partial charge is 0.508 e. The summed E-state index contributed by atoms with van der Waals surface area (Å²) in [7, 11) is 0. The number of primary amides is 1. The lowest BCUT2D eigenvalue weighted by Crippen LogP contribution is -2.44. The highest BCUT2D eigenvalue weighted by atomic mass is 19.1. The number of aromatic hydroxyl groups is 1. The number of rotatable bonds is 4. The van der Waals surface area contributed by atoms with Crippen LogP contribution in [0.3, 0.4) is 0 Å². The summed E-state index contributed by atoms with van der Waals surface area (Å²) in [5.74, 6) is -2.23. The van der Waals surface area contributed by atoms with E-state index >= 15 is 0 Å². The molecule has 0 saturated heterocycles. The smallest absolute Gasteiger partial charge is 0.257 e. The number of nitrogens with two attached hydrogens (primary N) is 1. The summed E-state index contributed by atoms with van der Waals surface area (Å²) in [6.07, 6.45) is 3.54. The lowest BCUT2D eigenvalue weighted by atomic mass is 10.1. The van der Waals surface area contributed by atoms with Crippen molar-refractivity contribution in [1.82, 2.24) is 4.90 Å². The Morgan fingerprint density at radius 1 is 1.35 bits per heavy atom. The fourth-order valence-electron chi connectivity index (χ4n) is 2.58. The Hall–Kier alpha value is -2.11. The summed E-state index contributed by atoms with van der Waals surface area (Å²) in [5, 5.41) is 9.18. The van der Waals surface area contributed by atoms with Crippen LogP contribution in [0.5, 0.6) is 5.75 Å². The Labute approximate surface area is 116 Å². The van der Waals surface area contributed by atoms with Crippen LogP contribution in [0, 0.1) is 5.82 Å². The fraction of sp³-hybridized carbons (Fsp3) is 0.429. The summed E-state index contributed by atoms with van der Waals surface area (Å²) in [6.45, 7) is -0.218. The first-order chi connectivity index (χ1) is 9.49. The maximum Gasteiger partial charge on any atom is 0.257 e. The molecule has 0 radical (unpaired) electrons. The molecule has 3 N–H and O–H groups in total. The molecule has 1 fully saturated rings. The van der Waals surface area contributed by atoms with Crippen LogP contribution in [-0.4, -0.2) is 34.4 Å². The standard InChI is InChI=1S/C14H17FN2O3/c15-12-7-10(18)5-6-11(12)14(20)17(8-13(16)19)9-3-1-2-4-9/h5-7,9,18H,1-4,8H2,(H2,16,19). The predicted molar refractivity (Wildman–Crippen MR) is 70.6 cm³/mol. The van der Waals surface area contributed by atoms with Crippen LogP contribution in [0.1, 0.15) is 36.0 Å². The van der Waals surface area contributed by atoms with Gasteiger partial charge in [-0.2, -0.15) is 0 Å². The molecule has 108 valence electrons. The van der Waals surface area contributed by atoms with E-state index in [9.17, 15) is 19.1 Å². The van der Waals surface area contributed by atoms with Gasteiger partial charge in [0.25, 0.3) is 5.91 Å². The molecule has 5 nitrogen and oxygen atoms in total. The fourth-order valence-corrected chi connectivity index (χ4v) is 2.58. The number of carbonyl (C=O) groups is 2. The van der Waals surface area contributed by atoms with Gasteiger partial charge in [-0.15, -0.1) is 0 Å². The van der Waals surface area contributed by atoms with Crippen LogP contribution in [0.15, 0.2) is 18.2 Å². The molecule has 0 spiro atoms. The molecular formula is C14H17FN2O3. The first-order valence-electron chi connectivity index (χ1n) is 6.57. The van der Waals surface area contributed by atoms with Crippen molar-refractivity contribution >= 4 is 11.8 Å². The molecule has 1 saturated carbocycles. The molecule has 0 aliphatic heterocycles. The van der Waals surface area contributed by atoms with E-state index in [0.717, 1.165) is 31.7 Å². The number of amides is 2. The van der Waals surface area contributed by atoms with E-state index in [1.165, 1.54) is 17.0 Å². The van der Waals surface area contributed by atoms with Crippen molar-refractivity contribution in [3.63, 3.8) is 0 Å².